The summed E-state index contributed by atoms with van der Waals surface area (Å²) in [5.74, 6) is 0.370. The molecular weight excluding hydrogens is 302 g/mol. The minimum absolute atomic E-state index is 0.171. The summed E-state index contributed by atoms with van der Waals surface area (Å²) in [6.45, 7) is 4.36. The molecule has 0 N–H and O–H groups in total. The minimum atomic E-state index is -3.11. The fourth-order valence-corrected chi connectivity index (χ4v) is 4.64. The van der Waals surface area contributed by atoms with Crippen molar-refractivity contribution in [3.63, 3.8) is 0 Å². The maximum Gasteiger partial charge on any atom is 0.219 e. The number of carbonyl (C=O) groups is 1. The first-order chi connectivity index (χ1) is 10.3. The Morgan fingerprint density at radius 3 is 2.41 bits per heavy atom. The second-order valence-electron chi connectivity index (χ2n) is 6.62. The second-order valence-corrected chi connectivity index (χ2v) is 8.92. The van der Waals surface area contributed by atoms with Crippen molar-refractivity contribution in [2.24, 2.45) is 0 Å². The van der Waals surface area contributed by atoms with E-state index in [2.05, 4.69) is 4.90 Å². The third-order valence-corrected chi connectivity index (χ3v) is 6.88. The number of amides is 1. The Morgan fingerprint density at radius 1 is 1.14 bits per heavy atom. The normalized spacial score (nSPS) is 27.0. The van der Waals surface area contributed by atoms with Crippen molar-refractivity contribution >= 4 is 15.9 Å². The van der Waals surface area contributed by atoms with Crippen LogP contribution in [0.5, 0.6) is 0 Å². The highest BCUT2D eigenvalue weighted by Gasteiger charge is 2.38. The number of hydrogen-bond donors (Lipinski definition) is 0. The molecule has 0 aliphatic carbocycles. The Kier molecular flexibility index (Phi) is 5.85. The lowest BCUT2D eigenvalue weighted by Crippen LogP contribution is -2.48. The highest BCUT2D eigenvalue weighted by Crippen LogP contribution is 2.30. The van der Waals surface area contributed by atoms with E-state index in [0.29, 0.717) is 18.5 Å². The molecule has 2 saturated heterocycles. The molecule has 2 rings (SSSR count). The Balaban J connectivity index is 1.90. The number of rotatable bonds is 6. The fourth-order valence-electron chi connectivity index (χ4n) is 3.78. The molecule has 0 aromatic rings. The Labute approximate surface area is 134 Å². The molecule has 0 radical (unpaired) electrons. The highest BCUT2D eigenvalue weighted by atomic mass is 32.2. The number of likely N-dealkylation sites (tertiary alicyclic amines) is 2. The molecular formula is C15H29N3O3S. The Hall–Kier alpha value is -0.660. The molecule has 22 heavy (non-hydrogen) atoms. The molecule has 1 amide bonds. The molecule has 128 valence electrons. The Morgan fingerprint density at radius 2 is 1.77 bits per heavy atom. The number of sulfonamides is 1. The van der Waals surface area contributed by atoms with Crippen molar-refractivity contribution in [3.05, 3.63) is 0 Å². The van der Waals surface area contributed by atoms with Crippen LogP contribution in [0.2, 0.25) is 0 Å². The van der Waals surface area contributed by atoms with E-state index in [1.165, 1.54) is 4.31 Å². The second kappa shape index (κ2) is 7.27. The average Bonchev–Trinajstić information content (AvgIpc) is 3.05. The van der Waals surface area contributed by atoms with Crippen molar-refractivity contribution in [2.75, 3.05) is 39.5 Å². The van der Waals surface area contributed by atoms with Gasteiger partial charge in [-0.25, -0.2) is 12.7 Å². The zero-order valence-electron chi connectivity index (χ0n) is 14.0. The van der Waals surface area contributed by atoms with E-state index in [0.717, 1.165) is 45.3 Å². The van der Waals surface area contributed by atoms with Crippen molar-refractivity contribution in [1.29, 1.82) is 0 Å². The van der Waals surface area contributed by atoms with Crippen LogP contribution in [-0.4, -0.2) is 80.0 Å². The van der Waals surface area contributed by atoms with Crippen LogP contribution in [-0.2, 0) is 14.8 Å². The standard InChI is InChI=1S/C15H29N3O3S/c1-13(19)18-11-5-8-15(18)14-7-4-9-17(14)10-6-12-22(20,21)16(2)3/h14-15H,4-12H2,1-3H3/t14-,15+/m1/s1. The first-order valence-electron chi connectivity index (χ1n) is 8.24. The van der Waals surface area contributed by atoms with Gasteiger partial charge in [0.05, 0.1) is 5.75 Å². The van der Waals surface area contributed by atoms with Crippen LogP contribution in [0.15, 0.2) is 0 Å². The molecule has 7 heteroatoms. The maximum absolute atomic E-state index is 11.8. The van der Waals surface area contributed by atoms with Crippen LogP contribution in [0, 0.1) is 0 Å². The largest absolute Gasteiger partial charge is 0.338 e. The summed E-state index contributed by atoms with van der Waals surface area (Å²) in [6.07, 6.45) is 5.09. The first kappa shape index (κ1) is 17.7. The minimum Gasteiger partial charge on any atom is -0.338 e. The van der Waals surface area contributed by atoms with Gasteiger partial charge in [0, 0.05) is 39.6 Å². The lowest BCUT2D eigenvalue weighted by Gasteiger charge is -2.34. The van der Waals surface area contributed by atoms with E-state index in [1.807, 2.05) is 4.90 Å². The summed E-state index contributed by atoms with van der Waals surface area (Å²) in [5.41, 5.74) is 0. The summed E-state index contributed by atoms with van der Waals surface area (Å²) in [4.78, 5) is 16.2. The van der Waals surface area contributed by atoms with Crippen LogP contribution >= 0.6 is 0 Å². The smallest absolute Gasteiger partial charge is 0.219 e. The van der Waals surface area contributed by atoms with E-state index in [4.69, 9.17) is 0 Å². The third-order valence-electron chi connectivity index (χ3n) is 4.97. The summed E-state index contributed by atoms with van der Waals surface area (Å²) in [6, 6.07) is 0.735. The summed E-state index contributed by atoms with van der Waals surface area (Å²) >= 11 is 0. The number of carbonyl (C=O) groups excluding carboxylic acids is 1. The topological polar surface area (TPSA) is 60.9 Å². The van der Waals surface area contributed by atoms with Crippen molar-refractivity contribution in [1.82, 2.24) is 14.1 Å². The van der Waals surface area contributed by atoms with E-state index in [9.17, 15) is 13.2 Å². The Bertz CT molecular complexity index is 492. The molecule has 2 atom stereocenters. The van der Waals surface area contributed by atoms with Crippen molar-refractivity contribution in [2.45, 2.75) is 51.1 Å². The monoisotopic (exact) mass is 331 g/mol. The molecule has 2 aliphatic heterocycles. The van der Waals surface area contributed by atoms with Crippen LogP contribution in [0.4, 0.5) is 0 Å². The molecule has 2 heterocycles. The molecule has 0 bridgehead atoms. The van der Waals surface area contributed by atoms with Gasteiger partial charge in [0.15, 0.2) is 0 Å². The van der Waals surface area contributed by atoms with Gasteiger partial charge >= 0.3 is 0 Å². The predicted octanol–water partition coefficient (Wildman–Crippen LogP) is 0.743. The number of nitrogens with zero attached hydrogens (tertiary/aromatic N) is 3. The molecule has 0 aromatic carbocycles. The molecule has 2 aliphatic rings. The summed E-state index contributed by atoms with van der Waals surface area (Å²) in [7, 11) is 0.0527. The molecule has 6 nitrogen and oxygen atoms in total. The van der Waals surface area contributed by atoms with Gasteiger partial charge in [-0.1, -0.05) is 0 Å². The van der Waals surface area contributed by atoms with Gasteiger partial charge in [-0.15, -0.1) is 0 Å². The van der Waals surface area contributed by atoms with Gasteiger partial charge in [-0.3, -0.25) is 9.69 Å². The predicted molar refractivity (Wildman–Crippen MR) is 87.1 cm³/mol. The fraction of sp³-hybridized carbons (Fsp3) is 0.933. The van der Waals surface area contributed by atoms with Crippen LogP contribution in [0.25, 0.3) is 0 Å². The summed E-state index contributed by atoms with van der Waals surface area (Å²) < 4.78 is 25.0. The summed E-state index contributed by atoms with van der Waals surface area (Å²) in [5, 5.41) is 0. The first-order valence-corrected chi connectivity index (χ1v) is 9.85. The van der Waals surface area contributed by atoms with Gasteiger partial charge in [-0.2, -0.15) is 0 Å². The lowest BCUT2D eigenvalue weighted by molar-refractivity contribution is -0.130. The van der Waals surface area contributed by atoms with Gasteiger partial charge < -0.3 is 4.90 Å². The van der Waals surface area contributed by atoms with Crippen molar-refractivity contribution in [3.8, 4) is 0 Å². The lowest BCUT2D eigenvalue weighted by atomic mass is 10.0. The zero-order valence-corrected chi connectivity index (χ0v) is 14.8. The SMILES string of the molecule is CC(=O)N1CCC[C@H]1[C@H]1CCCN1CCCS(=O)(=O)N(C)C. The van der Waals surface area contributed by atoms with Gasteiger partial charge in [0.2, 0.25) is 15.9 Å². The average molecular weight is 331 g/mol. The highest BCUT2D eigenvalue weighted by molar-refractivity contribution is 7.89. The van der Waals surface area contributed by atoms with Gasteiger partial charge in [0.1, 0.15) is 0 Å². The van der Waals surface area contributed by atoms with Crippen LogP contribution < -0.4 is 0 Å². The maximum atomic E-state index is 11.8. The molecule has 0 spiro atoms. The van der Waals surface area contributed by atoms with Gasteiger partial charge in [0.25, 0.3) is 0 Å². The van der Waals surface area contributed by atoms with E-state index < -0.39 is 10.0 Å². The van der Waals surface area contributed by atoms with Crippen LogP contribution in [0.1, 0.15) is 39.0 Å². The molecule has 2 fully saturated rings. The number of hydrogen-bond acceptors (Lipinski definition) is 4. The molecule has 0 aromatic heterocycles. The van der Waals surface area contributed by atoms with E-state index >= 15 is 0 Å². The quantitative estimate of drug-likeness (QED) is 0.720. The van der Waals surface area contributed by atoms with Crippen LogP contribution in [0.3, 0.4) is 0 Å². The van der Waals surface area contributed by atoms with E-state index in [-0.39, 0.29) is 11.7 Å². The third kappa shape index (κ3) is 4.00. The molecule has 0 unspecified atom stereocenters. The van der Waals surface area contributed by atoms with Crippen molar-refractivity contribution < 1.29 is 13.2 Å². The van der Waals surface area contributed by atoms with E-state index in [1.54, 1.807) is 21.0 Å². The zero-order chi connectivity index (χ0) is 16.3. The van der Waals surface area contributed by atoms with Gasteiger partial charge in [-0.05, 0) is 45.2 Å². The molecule has 0 saturated carbocycles.